The second kappa shape index (κ2) is 8.52. The highest BCUT2D eigenvalue weighted by Gasteiger charge is 2.13. The third-order valence-corrected chi connectivity index (χ3v) is 4.34. The number of nitrogens with one attached hydrogen (secondary N) is 1. The molecule has 0 aliphatic rings. The van der Waals surface area contributed by atoms with E-state index in [9.17, 15) is 9.59 Å². The first-order valence-electron chi connectivity index (χ1n) is 8.50. The molecule has 2 rings (SSSR count). The molecule has 0 saturated heterocycles. The molecule has 1 unspecified atom stereocenters. The first-order chi connectivity index (χ1) is 12.3. The first-order valence-corrected chi connectivity index (χ1v) is 8.50. The SMILES string of the molecule is COc1cc(C(C)=O)ccc1OCC(=O)NC(C)c1ccc(C)c(C)c1. The lowest BCUT2D eigenvalue weighted by Gasteiger charge is -2.16. The second-order valence-corrected chi connectivity index (χ2v) is 6.34. The van der Waals surface area contributed by atoms with Crippen LogP contribution in [0.3, 0.4) is 0 Å². The Morgan fingerprint density at radius 1 is 1.04 bits per heavy atom. The molecule has 138 valence electrons. The third-order valence-electron chi connectivity index (χ3n) is 4.34. The van der Waals surface area contributed by atoms with Crippen molar-refractivity contribution in [3.05, 3.63) is 58.7 Å². The summed E-state index contributed by atoms with van der Waals surface area (Å²) in [5.74, 6) is 0.558. The van der Waals surface area contributed by atoms with E-state index in [4.69, 9.17) is 9.47 Å². The molecule has 1 atom stereocenters. The van der Waals surface area contributed by atoms with Gasteiger partial charge in [-0.05, 0) is 62.6 Å². The number of carbonyl (C=O) groups is 2. The standard InChI is InChI=1S/C21H25NO4/c1-13-6-7-17(10-14(13)2)15(3)22-21(24)12-26-19-9-8-18(16(4)23)11-20(19)25-5/h6-11,15H,12H2,1-5H3,(H,22,24). The topological polar surface area (TPSA) is 64.6 Å². The maximum absolute atomic E-state index is 12.2. The molecular weight excluding hydrogens is 330 g/mol. The summed E-state index contributed by atoms with van der Waals surface area (Å²) in [7, 11) is 1.49. The lowest BCUT2D eigenvalue weighted by molar-refractivity contribution is -0.123. The van der Waals surface area contributed by atoms with Gasteiger partial charge in [-0.2, -0.15) is 0 Å². The van der Waals surface area contributed by atoms with E-state index in [1.807, 2.05) is 26.0 Å². The van der Waals surface area contributed by atoms with E-state index >= 15 is 0 Å². The van der Waals surface area contributed by atoms with Gasteiger partial charge in [0, 0.05) is 5.56 Å². The fourth-order valence-electron chi connectivity index (χ4n) is 2.55. The van der Waals surface area contributed by atoms with Crippen LogP contribution < -0.4 is 14.8 Å². The third kappa shape index (κ3) is 4.85. The van der Waals surface area contributed by atoms with Crippen molar-refractivity contribution in [3.63, 3.8) is 0 Å². The van der Waals surface area contributed by atoms with Crippen LogP contribution in [0.15, 0.2) is 36.4 Å². The Labute approximate surface area is 154 Å². The van der Waals surface area contributed by atoms with E-state index in [2.05, 4.69) is 18.3 Å². The van der Waals surface area contributed by atoms with Crippen LogP contribution in [0.2, 0.25) is 0 Å². The molecule has 0 aromatic heterocycles. The molecule has 0 aliphatic heterocycles. The Bertz CT molecular complexity index is 814. The molecule has 2 aromatic rings. The normalized spacial score (nSPS) is 11.6. The molecule has 0 bridgehead atoms. The summed E-state index contributed by atoms with van der Waals surface area (Å²) in [5, 5.41) is 2.92. The van der Waals surface area contributed by atoms with Crippen LogP contribution in [-0.2, 0) is 4.79 Å². The quantitative estimate of drug-likeness (QED) is 0.768. The number of hydrogen-bond acceptors (Lipinski definition) is 4. The fourth-order valence-corrected chi connectivity index (χ4v) is 2.55. The predicted octanol–water partition coefficient (Wildman–Crippen LogP) is 3.77. The van der Waals surface area contributed by atoms with Gasteiger partial charge in [0.05, 0.1) is 13.2 Å². The monoisotopic (exact) mass is 355 g/mol. The highest BCUT2D eigenvalue weighted by molar-refractivity contribution is 5.94. The molecule has 26 heavy (non-hydrogen) atoms. The Balaban J connectivity index is 1.98. The van der Waals surface area contributed by atoms with Gasteiger partial charge in [0.1, 0.15) is 0 Å². The van der Waals surface area contributed by atoms with Crippen molar-refractivity contribution in [1.82, 2.24) is 5.32 Å². The molecule has 0 spiro atoms. The zero-order chi connectivity index (χ0) is 19.3. The molecule has 1 N–H and O–H groups in total. The zero-order valence-electron chi connectivity index (χ0n) is 15.9. The van der Waals surface area contributed by atoms with Crippen LogP contribution in [0.5, 0.6) is 11.5 Å². The van der Waals surface area contributed by atoms with E-state index in [1.165, 1.54) is 25.2 Å². The maximum Gasteiger partial charge on any atom is 0.258 e. The number of aryl methyl sites for hydroxylation is 2. The van der Waals surface area contributed by atoms with Gasteiger partial charge in [-0.25, -0.2) is 0 Å². The van der Waals surface area contributed by atoms with Gasteiger partial charge < -0.3 is 14.8 Å². The number of hydrogen-bond donors (Lipinski definition) is 1. The van der Waals surface area contributed by atoms with Crippen LogP contribution in [0, 0.1) is 13.8 Å². The Hall–Kier alpha value is -2.82. The minimum Gasteiger partial charge on any atom is -0.493 e. The highest BCUT2D eigenvalue weighted by Crippen LogP contribution is 2.28. The Kier molecular flexibility index (Phi) is 6.39. The number of ether oxygens (including phenoxy) is 2. The van der Waals surface area contributed by atoms with Crippen LogP contribution in [0.25, 0.3) is 0 Å². The van der Waals surface area contributed by atoms with Crippen molar-refractivity contribution in [2.45, 2.75) is 33.7 Å². The second-order valence-electron chi connectivity index (χ2n) is 6.34. The summed E-state index contributed by atoms with van der Waals surface area (Å²) < 4.78 is 10.8. The van der Waals surface area contributed by atoms with Crippen molar-refractivity contribution >= 4 is 11.7 Å². The van der Waals surface area contributed by atoms with Gasteiger partial charge in [0.15, 0.2) is 23.9 Å². The summed E-state index contributed by atoms with van der Waals surface area (Å²) in [4.78, 5) is 23.6. The lowest BCUT2D eigenvalue weighted by Crippen LogP contribution is -2.31. The van der Waals surface area contributed by atoms with Crippen LogP contribution >= 0.6 is 0 Å². The summed E-state index contributed by atoms with van der Waals surface area (Å²) in [6.07, 6.45) is 0. The molecule has 0 radical (unpaired) electrons. The molecule has 1 amide bonds. The number of rotatable bonds is 7. The zero-order valence-corrected chi connectivity index (χ0v) is 15.9. The Morgan fingerprint density at radius 3 is 2.38 bits per heavy atom. The van der Waals surface area contributed by atoms with Gasteiger partial charge in [0.25, 0.3) is 5.91 Å². The van der Waals surface area contributed by atoms with E-state index in [0.29, 0.717) is 17.1 Å². The molecule has 2 aromatic carbocycles. The molecule has 0 heterocycles. The largest absolute Gasteiger partial charge is 0.493 e. The van der Waals surface area contributed by atoms with E-state index in [-0.39, 0.29) is 24.3 Å². The highest BCUT2D eigenvalue weighted by atomic mass is 16.5. The van der Waals surface area contributed by atoms with E-state index in [1.54, 1.807) is 18.2 Å². The molecule has 0 aliphatic carbocycles. The van der Waals surface area contributed by atoms with Crippen molar-refractivity contribution in [1.29, 1.82) is 0 Å². The minimum atomic E-state index is -0.228. The first kappa shape index (κ1) is 19.5. The lowest BCUT2D eigenvalue weighted by atomic mass is 10.0. The van der Waals surface area contributed by atoms with Gasteiger partial charge in [-0.1, -0.05) is 18.2 Å². The van der Waals surface area contributed by atoms with Crippen LogP contribution in [0.4, 0.5) is 0 Å². The summed E-state index contributed by atoms with van der Waals surface area (Å²) in [6, 6.07) is 10.9. The molecule has 0 fully saturated rings. The average molecular weight is 355 g/mol. The van der Waals surface area contributed by atoms with E-state index < -0.39 is 0 Å². The predicted molar refractivity (Wildman–Crippen MR) is 101 cm³/mol. The number of amides is 1. The van der Waals surface area contributed by atoms with E-state index in [0.717, 1.165) is 5.56 Å². The van der Waals surface area contributed by atoms with Gasteiger partial charge in [-0.15, -0.1) is 0 Å². The molecular formula is C21H25NO4. The number of benzene rings is 2. The number of ketones is 1. The molecule has 5 heteroatoms. The number of methoxy groups -OCH3 is 1. The van der Waals surface area contributed by atoms with Crippen molar-refractivity contribution in [2.75, 3.05) is 13.7 Å². The number of Topliss-reactive ketones (excluding diaryl/α,β-unsaturated/α-hetero) is 1. The smallest absolute Gasteiger partial charge is 0.258 e. The maximum atomic E-state index is 12.2. The Morgan fingerprint density at radius 2 is 1.77 bits per heavy atom. The van der Waals surface area contributed by atoms with Crippen LogP contribution in [-0.4, -0.2) is 25.4 Å². The fraction of sp³-hybridized carbons (Fsp3) is 0.333. The summed E-state index contributed by atoms with van der Waals surface area (Å²) in [6.45, 7) is 7.39. The van der Waals surface area contributed by atoms with Gasteiger partial charge >= 0.3 is 0 Å². The van der Waals surface area contributed by atoms with Crippen molar-refractivity contribution in [3.8, 4) is 11.5 Å². The van der Waals surface area contributed by atoms with Crippen molar-refractivity contribution in [2.24, 2.45) is 0 Å². The minimum absolute atomic E-state index is 0.0604. The number of carbonyl (C=O) groups excluding carboxylic acids is 2. The summed E-state index contributed by atoms with van der Waals surface area (Å²) in [5.41, 5.74) is 3.98. The van der Waals surface area contributed by atoms with Gasteiger partial charge in [-0.3, -0.25) is 9.59 Å². The molecule has 5 nitrogen and oxygen atoms in total. The van der Waals surface area contributed by atoms with Gasteiger partial charge in [0.2, 0.25) is 0 Å². The molecule has 0 saturated carbocycles. The van der Waals surface area contributed by atoms with Crippen molar-refractivity contribution < 1.29 is 19.1 Å². The average Bonchev–Trinajstić information content (AvgIpc) is 2.61. The summed E-state index contributed by atoms with van der Waals surface area (Å²) >= 11 is 0. The van der Waals surface area contributed by atoms with Crippen LogP contribution in [0.1, 0.15) is 46.9 Å².